The number of amidine groups is 1. The van der Waals surface area contributed by atoms with Gasteiger partial charge in [0.15, 0.2) is 0 Å². The molecule has 164 valence electrons. The van der Waals surface area contributed by atoms with Gasteiger partial charge in [0.25, 0.3) is 0 Å². The molecule has 2 fully saturated rings. The summed E-state index contributed by atoms with van der Waals surface area (Å²) in [6, 6.07) is 18.5. The second kappa shape index (κ2) is 9.96. The molecule has 2 aromatic carbocycles. The number of anilines is 1. The number of amides is 2. The number of urea groups is 1. The van der Waals surface area contributed by atoms with Crippen LogP contribution in [0.5, 0.6) is 0 Å². The Labute approximate surface area is 185 Å². The first-order chi connectivity index (χ1) is 15.1. The van der Waals surface area contributed by atoms with Crippen LogP contribution < -0.4 is 10.6 Å². The Kier molecular flexibility index (Phi) is 6.87. The van der Waals surface area contributed by atoms with Crippen molar-refractivity contribution in [3.05, 3.63) is 65.7 Å². The lowest BCUT2D eigenvalue weighted by Gasteiger charge is -2.39. The average molecular weight is 420 g/mol. The number of hydrogen-bond donors (Lipinski definition) is 2. The number of nitrogen functional groups attached to an aromatic ring is 1. The Morgan fingerprint density at radius 1 is 0.968 bits per heavy atom. The van der Waals surface area contributed by atoms with E-state index in [1.54, 1.807) is 0 Å². The topological polar surface area (TPSA) is 76.7 Å². The highest BCUT2D eigenvalue weighted by Gasteiger charge is 2.32. The Hall–Kier alpha value is -2.86. The van der Waals surface area contributed by atoms with Gasteiger partial charge in [0.1, 0.15) is 5.84 Å². The number of nitrogens with one attached hydrogen (secondary N) is 1. The van der Waals surface area contributed by atoms with Crippen molar-refractivity contribution in [3.8, 4) is 0 Å². The summed E-state index contributed by atoms with van der Waals surface area (Å²) in [5, 5.41) is 7.71. The van der Waals surface area contributed by atoms with Gasteiger partial charge in [0.05, 0.1) is 0 Å². The molecule has 2 aromatic rings. The quantitative estimate of drug-likeness (QED) is 0.554. The summed E-state index contributed by atoms with van der Waals surface area (Å²) in [6.07, 6.45) is 5.16. The van der Waals surface area contributed by atoms with Gasteiger partial charge in [-0.05, 0) is 49.8 Å². The van der Waals surface area contributed by atoms with E-state index in [0.29, 0.717) is 18.2 Å². The Morgan fingerprint density at radius 3 is 2.45 bits per heavy atom. The first-order valence-corrected chi connectivity index (χ1v) is 11.4. The molecule has 4 rings (SSSR count). The van der Waals surface area contributed by atoms with Crippen LogP contribution in [-0.2, 0) is 6.42 Å². The van der Waals surface area contributed by atoms with Crippen molar-refractivity contribution < 1.29 is 4.79 Å². The number of rotatable bonds is 6. The van der Waals surface area contributed by atoms with Gasteiger partial charge in [0.2, 0.25) is 0 Å². The number of benzene rings is 2. The van der Waals surface area contributed by atoms with Gasteiger partial charge in [-0.15, -0.1) is 0 Å². The lowest BCUT2D eigenvalue weighted by atomic mass is 10.0. The molecular weight excluding hydrogens is 386 g/mol. The van der Waals surface area contributed by atoms with Crippen LogP contribution >= 0.6 is 0 Å². The molecule has 2 aliphatic heterocycles. The first kappa shape index (κ1) is 21.4. The molecule has 2 heterocycles. The monoisotopic (exact) mass is 419 g/mol. The molecule has 0 radical (unpaired) electrons. The van der Waals surface area contributed by atoms with Crippen molar-refractivity contribution in [1.82, 2.24) is 9.80 Å². The summed E-state index contributed by atoms with van der Waals surface area (Å²) in [4.78, 5) is 20.0. The summed E-state index contributed by atoms with van der Waals surface area (Å²) in [5.74, 6) is 0.0313. The van der Waals surface area contributed by atoms with Crippen molar-refractivity contribution in [1.29, 1.82) is 5.41 Å². The molecule has 6 nitrogen and oxygen atoms in total. The van der Waals surface area contributed by atoms with Gasteiger partial charge in [-0.2, -0.15) is 0 Å². The van der Waals surface area contributed by atoms with Crippen molar-refractivity contribution in [2.75, 3.05) is 37.6 Å². The van der Waals surface area contributed by atoms with E-state index < -0.39 is 0 Å². The molecular formula is C25H33N5O. The Bertz CT molecular complexity index is 892. The van der Waals surface area contributed by atoms with Crippen LogP contribution in [0.3, 0.4) is 0 Å². The molecule has 0 atom stereocenters. The van der Waals surface area contributed by atoms with E-state index in [1.165, 1.54) is 5.56 Å². The van der Waals surface area contributed by atoms with E-state index in [0.717, 1.165) is 64.0 Å². The van der Waals surface area contributed by atoms with Crippen LogP contribution in [-0.4, -0.2) is 60.4 Å². The normalized spacial score (nSPS) is 18.8. The average Bonchev–Trinajstić information content (AvgIpc) is 3.00. The molecule has 0 spiro atoms. The van der Waals surface area contributed by atoms with Crippen molar-refractivity contribution in [3.63, 3.8) is 0 Å². The van der Waals surface area contributed by atoms with Gasteiger partial charge in [-0.1, -0.05) is 42.5 Å². The highest BCUT2D eigenvalue weighted by atomic mass is 16.2. The minimum atomic E-state index is 0.0313. The van der Waals surface area contributed by atoms with Gasteiger partial charge in [0, 0.05) is 50.0 Å². The highest BCUT2D eigenvalue weighted by Crippen LogP contribution is 2.25. The number of piperidine rings is 1. The van der Waals surface area contributed by atoms with Crippen molar-refractivity contribution in [2.45, 2.75) is 38.1 Å². The minimum absolute atomic E-state index is 0.0313. The summed E-state index contributed by atoms with van der Waals surface area (Å²) in [7, 11) is 0. The number of nitrogens with zero attached hydrogens (tertiary/aromatic N) is 3. The van der Waals surface area contributed by atoms with Crippen LogP contribution in [0.1, 0.15) is 36.8 Å². The maximum atomic E-state index is 13.5. The maximum Gasteiger partial charge on any atom is 0.324 e. The zero-order chi connectivity index (χ0) is 21.6. The van der Waals surface area contributed by atoms with E-state index in [9.17, 15) is 4.79 Å². The van der Waals surface area contributed by atoms with E-state index in [2.05, 4.69) is 40.1 Å². The fourth-order valence-electron chi connectivity index (χ4n) is 4.70. The first-order valence-electron chi connectivity index (χ1n) is 11.4. The predicted molar refractivity (Wildman–Crippen MR) is 126 cm³/mol. The molecule has 2 aliphatic rings. The smallest absolute Gasteiger partial charge is 0.324 e. The summed E-state index contributed by atoms with van der Waals surface area (Å²) < 4.78 is 0. The van der Waals surface area contributed by atoms with Crippen molar-refractivity contribution >= 4 is 17.6 Å². The number of carbonyl (C=O) groups is 1. The molecule has 0 bridgehead atoms. The number of hydrogen-bond acceptors (Lipinski definition) is 3. The minimum Gasteiger partial charge on any atom is -0.384 e. The van der Waals surface area contributed by atoms with Gasteiger partial charge in [-0.3, -0.25) is 10.3 Å². The van der Waals surface area contributed by atoms with E-state index in [4.69, 9.17) is 11.1 Å². The SMILES string of the molecule is N=C(N)c1cccc(N2CCCCN(C3CCN(CCc4ccccc4)CC3)C2=O)c1. The number of nitrogens with two attached hydrogens (primary N) is 1. The standard InChI is InChI=1S/C25H33N5O/c26-24(27)21-9-6-10-23(19-21)30-15-5-4-14-29(25(30)31)22-12-17-28(18-13-22)16-11-20-7-2-1-3-8-20/h1-3,6-10,19,22H,4-5,11-18H2,(H3,26,27). The fourth-order valence-corrected chi connectivity index (χ4v) is 4.70. The second-order valence-corrected chi connectivity index (χ2v) is 8.61. The van der Waals surface area contributed by atoms with E-state index in [1.807, 2.05) is 29.2 Å². The zero-order valence-electron chi connectivity index (χ0n) is 18.2. The molecule has 0 aromatic heterocycles. The fraction of sp³-hybridized carbons (Fsp3) is 0.440. The van der Waals surface area contributed by atoms with Gasteiger partial charge in [-0.25, -0.2) is 4.79 Å². The molecule has 6 heteroatoms. The molecule has 2 saturated heterocycles. The summed E-state index contributed by atoms with van der Waals surface area (Å²) >= 11 is 0. The predicted octanol–water partition coefficient (Wildman–Crippen LogP) is 3.70. The van der Waals surface area contributed by atoms with Gasteiger partial charge < -0.3 is 15.5 Å². The number of carbonyl (C=O) groups excluding carboxylic acids is 1. The maximum absolute atomic E-state index is 13.5. The highest BCUT2D eigenvalue weighted by molar-refractivity contribution is 5.98. The largest absolute Gasteiger partial charge is 0.384 e. The third-order valence-electron chi connectivity index (χ3n) is 6.53. The van der Waals surface area contributed by atoms with E-state index in [-0.39, 0.29) is 11.9 Å². The lowest BCUT2D eigenvalue weighted by molar-refractivity contribution is 0.126. The van der Waals surface area contributed by atoms with Crippen LogP contribution in [0.4, 0.5) is 10.5 Å². The van der Waals surface area contributed by atoms with Crippen LogP contribution in [0.2, 0.25) is 0 Å². The molecule has 0 aliphatic carbocycles. The summed E-state index contributed by atoms with van der Waals surface area (Å²) in [5.41, 5.74) is 8.54. The molecule has 31 heavy (non-hydrogen) atoms. The van der Waals surface area contributed by atoms with Crippen LogP contribution in [0.15, 0.2) is 54.6 Å². The summed E-state index contributed by atoms with van der Waals surface area (Å²) in [6.45, 7) is 4.71. The third kappa shape index (κ3) is 5.25. The zero-order valence-corrected chi connectivity index (χ0v) is 18.2. The van der Waals surface area contributed by atoms with Gasteiger partial charge >= 0.3 is 6.03 Å². The van der Waals surface area contributed by atoms with Crippen LogP contribution in [0.25, 0.3) is 0 Å². The lowest BCUT2D eigenvalue weighted by Crippen LogP contribution is -2.51. The molecule has 0 unspecified atom stereocenters. The molecule has 0 saturated carbocycles. The third-order valence-corrected chi connectivity index (χ3v) is 6.53. The number of likely N-dealkylation sites (tertiary alicyclic amines) is 1. The Balaban J connectivity index is 1.37. The molecule has 2 amide bonds. The van der Waals surface area contributed by atoms with E-state index >= 15 is 0 Å². The Morgan fingerprint density at radius 2 is 1.71 bits per heavy atom. The van der Waals surface area contributed by atoms with Crippen LogP contribution in [0, 0.1) is 5.41 Å². The second-order valence-electron chi connectivity index (χ2n) is 8.61. The van der Waals surface area contributed by atoms with Crippen molar-refractivity contribution in [2.24, 2.45) is 5.73 Å². The molecule has 3 N–H and O–H groups in total.